The highest BCUT2D eigenvalue weighted by molar-refractivity contribution is 14.1. The third-order valence-electron chi connectivity index (χ3n) is 4.82. The maximum atomic E-state index is 12.7. The molecule has 0 aromatic heterocycles. The van der Waals surface area contributed by atoms with E-state index in [-0.39, 0.29) is 12.2 Å². The molecule has 0 saturated carbocycles. The fourth-order valence-corrected chi connectivity index (χ4v) is 4.02. The lowest BCUT2D eigenvalue weighted by Gasteiger charge is -2.14. The molecule has 3 aromatic rings. The van der Waals surface area contributed by atoms with Crippen molar-refractivity contribution in [2.24, 2.45) is 0 Å². The Bertz CT molecular complexity index is 1320. The molecule has 0 heterocycles. The Morgan fingerprint density at radius 3 is 2.46 bits per heavy atom. The van der Waals surface area contributed by atoms with Gasteiger partial charge in [0.1, 0.15) is 18.2 Å². The van der Waals surface area contributed by atoms with Gasteiger partial charge >= 0.3 is 5.97 Å². The van der Waals surface area contributed by atoms with Crippen LogP contribution in [0.4, 0.5) is 5.69 Å². The van der Waals surface area contributed by atoms with E-state index in [1.54, 1.807) is 30.3 Å². The van der Waals surface area contributed by atoms with Crippen LogP contribution in [0.3, 0.4) is 0 Å². The smallest absolute Gasteiger partial charge is 0.337 e. The summed E-state index contributed by atoms with van der Waals surface area (Å²) in [5.41, 5.74) is 2.09. The molecule has 0 atom stereocenters. The van der Waals surface area contributed by atoms with E-state index < -0.39 is 11.9 Å². The Balaban J connectivity index is 1.79. The lowest BCUT2D eigenvalue weighted by atomic mass is 10.1. The van der Waals surface area contributed by atoms with Crippen molar-refractivity contribution in [2.45, 2.75) is 6.61 Å². The van der Waals surface area contributed by atoms with E-state index in [4.69, 9.17) is 21.1 Å². The van der Waals surface area contributed by atoms with Crippen LogP contribution in [0.15, 0.2) is 66.2 Å². The first-order valence-electron chi connectivity index (χ1n) is 10.2. The predicted molar refractivity (Wildman–Crippen MR) is 141 cm³/mol. The van der Waals surface area contributed by atoms with E-state index in [0.29, 0.717) is 33.3 Å². The van der Waals surface area contributed by atoms with Gasteiger partial charge in [0.2, 0.25) is 0 Å². The molecule has 7 nitrogen and oxygen atoms in total. The summed E-state index contributed by atoms with van der Waals surface area (Å²) >= 11 is 8.31. The zero-order valence-corrected chi connectivity index (χ0v) is 21.7. The summed E-state index contributed by atoms with van der Waals surface area (Å²) in [5, 5.41) is 12.8. The highest BCUT2D eigenvalue weighted by Crippen LogP contribution is 2.35. The van der Waals surface area contributed by atoms with Gasteiger partial charge in [0.05, 0.1) is 23.4 Å². The first-order valence-corrected chi connectivity index (χ1v) is 11.7. The molecule has 3 aromatic carbocycles. The molecule has 1 N–H and O–H groups in total. The van der Waals surface area contributed by atoms with Gasteiger partial charge in [0.15, 0.2) is 11.5 Å². The normalized spacial score (nSPS) is 10.8. The first-order chi connectivity index (χ1) is 16.9. The third kappa shape index (κ3) is 6.74. The van der Waals surface area contributed by atoms with Gasteiger partial charge in [-0.05, 0) is 76.7 Å². The summed E-state index contributed by atoms with van der Waals surface area (Å²) in [4.78, 5) is 24.2. The Morgan fingerprint density at radius 2 is 1.83 bits per heavy atom. The summed E-state index contributed by atoms with van der Waals surface area (Å²) < 4.78 is 16.8. The molecule has 178 valence electrons. The van der Waals surface area contributed by atoms with Crippen LogP contribution in [-0.2, 0) is 16.1 Å². The summed E-state index contributed by atoms with van der Waals surface area (Å²) in [7, 11) is 2.80. The minimum absolute atomic E-state index is 0.107. The number of amides is 1. The number of hydrogen-bond acceptors (Lipinski definition) is 6. The van der Waals surface area contributed by atoms with Gasteiger partial charge in [0.25, 0.3) is 5.91 Å². The van der Waals surface area contributed by atoms with Crippen LogP contribution >= 0.6 is 34.2 Å². The minimum Gasteiger partial charge on any atom is -0.493 e. The second-order valence-corrected chi connectivity index (χ2v) is 8.68. The van der Waals surface area contributed by atoms with Crippen LogP contribution in [0.2, 0.25) is 5.02 Å². The van der Waals surface area contributed by atoms with Crippen LogP contribution in [-0.4, -0.2) is 26.1 Å². The topological polar surface area (TPSA) is 97.7 Å². The van der Waals surface area contributed by atoms with E-state index >= 15 is 0 Å². The molecule has 3 rings (SSSR count). The van der Waals surface area contributed by atoms with Gasteiger partial charge in [-0.2, -0.15) is 5.26 Å². The van der Waals surface area contributed by atoms with Crippen molar-refractivity contribution < 1.29 is 23.8 Å². The molecule has 1 amide bonds. The van der Waals surface area contributed by atoms with Crippen molar-refractivity contribution in [2.75, 3.05) is 19.5 Å². The molecule has 0 aliphatic heterocycles. The average Bonchev–Trinajstić information content (AvgIpc) is 2.87. The Morgan fingerprint density at radius 1 is 1.11 bits per heavy atom. The van der Waals surface area contributed by atoms with Crippen molar-refractivity contribution in [1.29, 1.82) is 5.26 Å². The quantitative estimate of drug-likeness (QED) is 0.150. The monoisotopic (exact) mass is 602 g/mol. The molecular weight excluding hydrogens is 583 g/mol. The standard InChI is InChI=1S/C26H20ClIN2O5/c1-33-23-13-16(12-22(28)24(23)35-15-18-5-3-4-6-21(18)27)11-19(14-29)25(31)30-20-9-7-17(8-10-20)26(32)34-2/h3-13H,15H2,1-2H3,(H,30,31)/b19-11+. The maximum Gasteiger partial charge on any atom is 0.337 e. The number of methoxy groups -OCH3 is 2. The number of benzene rings is 3. The molecule has 0 bridgehead atoms. The molecule has 0 radical (unpaired) electrons. The molecule has 9 heteroatoms. The van der Waals surface area contributed by atoms with Crippen molar-refractivity contribution >= 4 is 57.8 Å². The van der Waals surface area contributed by atoms with Gasteiger partial charge in [0, 0.05) is 16.3 Å². The fraction of sp³-hybridized carbons (Fsp3) is 0.115. The van der Waals surface area contributed by atoms with Crippen LogP contribution < -0.4 is 14.8 Å². The molecule has 0 fully saturated rings. The minimum atomic E-state index is -0.591. The number of ether oxygens (including phenoxy) is 3. The lowest BCUT2D eigenvalue weighted by Crippen LogP contribution is -2.13. The number of rotatable bonds is 8. The third-order valence-corrected chi connectivity index (χ3v) is 5.99. The summed E-state index contributed by atoms with van der Waals surface area (Å²) in [6, 6.07) is 18.9. The van der Waals surface area contributed by atoms with Crippen molar-refractivity contribution in [1.82, 2.24) is 0 Å². The molecule has 0 aliphatic carbocycles. The van der Waals surface area contributed by atoms with Crippen LogP contribution in [0, 0.1) is 14.9 Å². The van der Waals surface area contributed by atoms with Gasteiger partial charge in [-0.25, -0.2) is 4.79 Å². The Labute approximate surface area is 221 Å². The van der Waals surface area contributed by atoms with Gasteiger partial charge in [-0.1, -0.05) is 29.8 Å². The average molecular weight is 603 g/mol. The van der Waals surface area contributed by atoms with Crippen molar-refractivity contribution in [3.05, 3.63) is 91.5 Å². The fourth-order valence-electron chi connectivity index (χ4n) is 3.05. The second-order valence-electron chi connectivity index (χ2n) is 7.11. The van der Waals surface area contributed by atoms with E-state index in [1.807, 2.05) is 24.3 Å². The highest BCUT2D eigenvalue weighted by atomic mass is 127. The number of carbonyl (C=O) groups is 2. The molecule has 0 saturated heterocycles. The zero-order valence-electron chi connectivity index (χ0n) is 18.8. The van der Waals surface area contributed by atoms with Crippen molar-refractivity contribution in [3.8, 4) is 17.6 Å². The summed E-state index contributed by atoms with van der Waals surface area (Å²) in [6.45, 7) is 0.252. The van der Waals surface area contributed by atoms with Gasteiger partial charge in [-0.15, -0.1) is 0 Å². The summed E-state index contributed by atoms with van der Waals surface area (Å²) in [6.07, 6.45) is 1.46. The first kappa shape index (κ1) is 26.1. The summed E-state index contributed by atoms with van der Waals surface area (Å²) in [5.74, 6) is -0.0974. The Hall–Kier alpha value is -3.55. The van der Waals surface area contributed by atoms with E-state index in [2.05, 4.69) is 32.6 Å². The van der Waals surface area contributed by atoms with E-state index in [0.717, 1.165) is 9.13 Å². The Kier molecular flexibility index (Phi) is 9.11. The molecule has 0 spiro atoms. The highest BCUT2D eigenvalue weighted by Gasteiger charge is 2.15. The number of esters is 1. The number of nitriles is 1. The van der Waals surface area contributed by atoms with Gasteiger partial charge < -0.3 is 19.5 Å². The maximum absolute atomic E-state index is 12.7. The van der Waals surface area contributed by atoms with Crippen molar-refractivity contribution in [3.63, 3.8) is 0 Å². The van der Waals surface area contributed by atoms with Gasteiger partial charge in [-0.3, -0.25) is 4.79 Å². The molecule has 0 aliphatic rings. The van der Waals surface area contributed by atoms with E-state index in [9.17, 15) is 14.9 Å². The number of hydrogen-bond donors (Lipinski definition) is 1. The lowest BCUT2D eigenvalue weighted by molar-refractivity contribution is -0.112. The number of anilines is 1. The number of nitrogens with one attached hydrogen (secondary N) is 1. The second kappa shape index (κ2) is 12.2. The SMILES string of the molecule is COC(=O)c1ccc(NC(=O)/C(C#N)=C/c2cc(I)c(OCc3ccccc3Cl)c(OC)c2)cc1. The number of halogens is 2. The largest absolute Gasteiger partial charge is 0.493 e. The van der Waals surface area contributed by atoms with Crippen LogP contribution in [0.1, 0.15) is 21.5 Å². The number of nitrogens with zero attached hydrogens (tertiary/aromatic N) is 1. The van der Waals surface area contributed by atoms with E-state index in [1.165, 1.54) is 32.4 Å². The molecular formula is C26H20ClIN2O5. The predicted octanol–water partition coefficient (Wildman–Crippen LogP) is 5.86. The zero-order chi connectivity index (χ0) is 25.4. The van der Waals surface area contributed by atoms with Crippen LogP contribution in [0.25, 0.3) is 6.08 Å². The van der Waals surface area contributed by atoms with Crippen LogP contribution in [0.5, 0.6) is 11.5 Å². The molecule has 35 heavy (non-hydrogen) atoms. The number of carbonyl (C=O) groups excluding carboxylic acids is 2. The molecule has 0 unspecified atom stereocenters.